The molecular formula is C57H46N2S2. The van der Waals surface area contributed by atoms with E-state index in [1.807, 2.05) is 35.7 Å². The van der Waals surface area contributed by atoms with Crippen LogP contribution >= 0.6 is 22.7 Å². The van der Waals surface area contributed by atoms with Crippen LogP contribution in [0.2, 0.25) is 0 Å². The molecule has 0 atom stereocenters. The van der Waals surface area contributed by atoms with Gasteiger partial charge in [-0.25, -0.2) is 9.97 Å². The van der Waals surface area contributed by atoms with Gasteiger partial charge in [-0.15, -0.1) is 22.7 Å². The molecule has 2 nitrogen and oxygen atoms in total. The second-order valence-corrected chi connectivity index (χ2v) is 17.8. The van der Waals surface area contributed by atoms with E-state index in [9.17, 15) is 0 Å². The zero-order valence-electron chi connectivity index (χ0n) is 35.0. The van der Waals surface area contributed by atoms with Gasteiger partial charge in [-0.3, -0.25) is 0 Å². The van der Waals surface area contributed by atoms with Crippen molar-refractivity contribution in [2.75, 3.05) is 0 Å². The van der Waals surface area contributed by atoms with Crippen molar-refractivity contribution in [3.05, 3.63) is 211 Å². The van der Waals surface area contributed by atoms with Gasteiger partial charge in [0.1, 0.15) is 0 Å². The van der Waals surface area contributed by atoms with Crippen molar-refractivity contribution in [2.45, 2.75) is 34.1 Å². The Morgan fingerprint density at radius 2 is 1.05 bits per heavy atom. The third kappa shape index (κ3) is 8.01. The molecule has 0 saturated carbocycles. The van der Waals surface area contributed by atoms with Gasteiger partial charge < -0.3 is 0 Å². The first kappa shape index (κ1) is 39.7. The second kappa shape index (κ2) is 17.1. The molecule has 0 fully saturated rings. The highest BCUT2D eigenvalue weighted by atomic mass is 32.1. The molecule has 10 rings (SSSR count). The van der Waals surface area contributed by atoms with Crippen molar-refractivity contribution in [1.82, 2.24) is 9.97 Å². The molecule has 0 radical (unpaired) electrons. The van der Waals surface area contributed by atoms with E-state index < -0.39 is 0 Å². The zero-order valence-corrected chi connectivity index (χ0v) is 36.6. The lowest BCUT2D eigenvalue weighted by atomic mass is 9.95. The largest absolute Gasteiger partial charge is 0.228 e. The van der Waals surface area contributed by atoms with Crippen molar-refractivity contribution in [3.8, 4) is 33.9 Å². The van der Waals surface area contributed by atoms with Gasteiger partial charge in [-0.2, -0.15) is 0 Å². The highest BCUT2D eigenvalue weighted by Gasteiger charge is 2.18. The van der Waals surface area contributed by atoms with Gasteiger partial charge in [-0.05, 0) is 84.9 Å². The Labute approximate surface area is 366 Å². The summed E-state index contributed by atoms with van der Waals surface area (Å²) in [5.41, 5.74) is 14.6. The molecule has 0 N–H and O–H groups in total. The summed E-state index contributed by atoms with van der Waals surface area (Å²) in [6, 6.07) is 58.0. The molecule has 0 unspecified atom stereocenters. The summed E-state index contributed by atoms with van der Waals surface area (Å²) in [5, 5.41) is 5.35. The number of aryl methyl sites for hydroxylation is 1. The van der Waals surface area contributed by atoms with Crippen LogP contribution in [-0.2, 0) is 6.42 Å². The van der Waals surface area contributed by atoms with Crippen LogP contribution in [0, 0.1) is 6.92 Å². The first-order valence-electron chi connectivity index (χ1n) is 20.7. The average molecular weight is 823 g/mol. The van der Waals surface area contributed by atoms with E-state index in [1.165, 1.54) is 68.2 Å². The topological polar surface area (TPSA) is 25.8 Å². The molecule has 0 spiro atoms. The summed E-state index contributed by atoms with van der Waals surface area (Å²) in [7, 11) is 0. The molecule has 7 aromatic carbocycles. The smallest absolute Gasteiger partial charge is 0.160 e. The molecule has 0 aliphatic carbocycles. The van der Waals surface area contributed by atoms with Crippen LogP contribution in [0.3, 0.4) is 0 Å². The number of benzene rings is 7. The van der Waals surface area contributed by atoms with Crippen LogP contribution < -0.4 is 0 Å². The first-order chi connectivity index (χ1) is 29.7. The van der Waals surface area contributed by atoms with Crippen molar-refractivity contribution < 1.29 is 0 Å². The Kier molecular flexibility index (Phi) is 11.1. The standard InChI is InChI=1S/C29H20S2.C28H26N2/c1-18(20-11-13-24-22-7-3-5-9-26(22)30-28(24)16-20)15-19(2)21-12-14-25-23-8-4-6-10-27(23)31-29(25)17-21;1-5-24-26(22-12-7-6-8-13-22)29-28(23-17-15-21(16-18-23)19(2)3)30-27(24)25-14-10-9-11-20(25)4/h3-17H,1H2,2H3;6-18H,2,5H2,1,3-4H3/b19-15+;. The third-order valence-corrected chi connectivity index (χ3v) is 13.7. The van der Waals surface area contributed by atoms with Crippen LogP contribution in [-0.4, -0.2) is 9.97 Å². The number of fused-ring (bicyclic) bond motifs is 6. The van der Waals surface area contributed by atoms with E-state index in [2.05, 4.69) is 198 Å². The lowest BCUT2D eigenvalue weighted by Gasteiger charge is -2.16. The Balaban J connectivity index is 0.000000156. The van der Waals surface area contributed by atoms with Gasteiger partial charge in [0.15, 0.2) is 5.82 Å². The molecule has 0 amide bonds. The Bertz CT molecular complexity index is 3290. The number of nitrogens with zero attached hydrogens (tertiary/aromatic N) is 2. The molecule has 0 bridgehead atoms. The summed E-state index contributed by atoms with van der Waals surface area (Å²) >= 11 is 3.72. The van der Waals surface area contributed by atoms with Crippen molar-refractivity contribution in [1.29, 1.82) is 0 Å². The maximum Gasteiger partial charge on any atom is 0.160 e. The minimum Gasteiger partial charge on any atom is -0.228 e. The summed E-state index contributed by atoms with van der Waals surface area (Å²) in [6.45, 7) is 16.9. The van der Waals surface area contributed by atoms with E-state index in [0.717, 1.165) is 57.0 Å². The maximum atomic E-state index is 5.07. The average Bonchev–Trinajstić information content (AvgIpc) is 3.87. The van der Waals surface area contributed by atoms with E-state index in [0.29, 0.717) is 0 Å². The maximum absolute atomic E-state index is 5.07. The summed E-state index contributed by atoms with van der Waals surface area (Å²) < 4.78 is 5.34. The second-order valence-electron chi connectivity index (χ2n) is 15.6. The molecular weight excluding hydrogens is 777 g/mol. The number of thiophene rings is 2. The Morgan fingerprint density at radius 1 is 0.525 bits per heavy atom. The number of rotatable bonds is 8. The molecule has 3 heterocycles. The van der Waals surface area contributed by atoms with Crippen molar-refractivity contribution in [2.24, 2.45) is 0 Å². The van der Waals surface area contributed by atoms with Gasteiger partial charge in [0.2, 0.25) is 0 Å². The zero-order chi connectivity index (χ0) is 42.0. The fourth-order valence-corrected chi connectivity index (χ4v) is 10.4. The number of allylic oxidation sites excluding steroid dienone is 4. The van der Waals surface area contributed by atoms with Crippen LogP contribution in [0.15, 0.2) is 183 Å². The van der Waals surface area contributed by atoms with E-state index in [1.54, 1.807) is 0 Å². The van der Waals surface area contributed by atoms with E-state index >= 15 is 0 Å². The van der Waals surface area contributed by atoms with Gasteiger partial charge in [0, 0.05) is 62.6 Å². The lowest BCUT2D eigenvalue weighted by molar-refractivity contribution is 1.06. The molecule has 61 heavy (non-hydrogen) atoms. The molecule has 296 valence electrons. The highest BCUT2D eigenvalue weighted by Crippen LogP contribution is 2.38. The minimum atomic E-state index is 0.748. The molecule has 0 saturated heterocycles. The van der Waals surface area contributed by atoms with Crippen LogP contribution in [0.25, 0.3) is 91.0 Å². The normalized spacial score (nSPS) is 11.6. The third-order valence-electron chi connectivity index (χ3n) is 11.4. The van der Waals surface area contributed by atoms with Gasteiger partial charge in [0.05, 0.1) is 11.4 Å². The Hall–Kier alpha value is -6.72. The minimum absolute atomic E-state index is 0.748. The van der Waals surface area contributed by atoms with Gasteiger partial charge >= 0.3 is 0 Å². The predicted molar refractivity (Wildman–Crippen MR) is 269 cm³/mol. The predicted octanol–water partition coefficient (Wildman–Crippen LogP) is 16.9. The summed E-state index contributed by atoms with van der Waals surface area (Å²) in [6.07, 6.45) is 3.08. The highest BCUT2D eigenvalue weighted by molar-refractivity contribution is 7.26. The van der Waals surface area contributed by atoms with Crippen LogP contribution in [0.1, 0.15) is 48.6 Å². The molecule has 0 aliphatic rings. The fourth-order valence-electron chi connectivity index (χ4n) is 8.07. The van der Waals surface area contributed by atoms with Crippen LogP contribution in [0.5, 0.6) is 0 Å². The first-order valence-corrected chi connectivity index (χ1v) is 22.4. The van der Waals surface area contributed by atoms with Gasteiger partial charge in [0.25, 0.3) is 0 Å². The van der Waals surface area contributed by atoms with Crippen molar-refractivity contribution in [3.63, 3.8) is 0 Å². The number of hydrogen-bond donors (Lipinski definition) is 0. The van der Waals surface area contributed by atoms with E-state index in [4.69, 9.17) is 9.97 Å². The Morgan fingerprint density at radius 3 is 1.67 bits per heavy atom. The fraction of sp³-hybridized carbons (Fsp3) is 0.0877. The molecule has 3 aromatic heterocycles. The molecule has 10 aromatic rings. The quantitative estimate of drug-likeness (QED) is 0.143. The number of hydrogen-bond acceptors (Lipinski definition) is 4. The monoisotopic (exact) mass is 822 g/mol. The van der Waals surface area contributed by atoms with E-state index in [-0.39, 0.29) is 0 Å². The molecule has 0 aliphatic heterocycles. The SMILES string of the molecule is C=C(/C=C(\C)c1ccc2c(c1)sc1ccccc12)c1ccc2c(c1)sc1ccccc12.C=C(C)c1ccc(-c2nc(-c3ccccc3)c(CC)c(-c3ccccc3C)n2)cc1. The van der Waals surface area contributed by atoms with Gasteiger partial charge in [-0.1, -0.05) is 171 Å². The summed E-state index contributed by atoms with van der Waals surface area (Å²) in [4.78, 5) is 10.1. The van der Waals surface area contributed by atoms with Crippen LogP contribution in [0.4, 0.5) is 0 Å². The molecule has 4 heteroatoms. The van der Waals surface area contributed by atoms with Crippen molar-refractivity contribution >= 4 is 79.7 Å². The summed E-state index contributed by atoms with van der Waals surface area (Å²) in [5.74, 6) is 0.748. The lowest BCUT2D eigenvalue weighted by Crippen LogP contribution is -2.03. The number of aromatic nitrogens is 2.